The number of aliphatic hydroxyl groups is 1. The number of benzene rings is 1. The molecule has 1 amide bonds. The summed E-state index contributed by atoms with van der Waals surface area (Å²) in [5.74, 6) is -0.518. The third-order valence-electron chi connectivity index (χ3n) is 4.12. The Morgan fingerprint density at radius 1 is 1.39 bits per heavy atom. The summed E-state index contributed by atoms with van der Waals surface area (Å²) in [6, 6.07) is 4.43. The van der Waals surface area contributed by atoms with Gasteiger partial charge in [-0.15, -0.1) is 0 Å². The number of rotatable bonds is 6. The minimum atomic E-state index is -0.400. The molecule has 0 spiro atoms. The highest BCUT2D eigenvalue weighted by Gasteiger charge is 2.19. The van der Waals surface area contributed by atoms with Crippen LogP contribution >= 0.6 is 0 Å². The summed E-state index contributed by atoms with van der Waals surface area (Å²) in [6.07, 6.45) is 0.484. The number of amides is 1. The van der Waals surface area contributed by atoms with E-state index >= 15 is 0 Å². The van der Waals surface area contributed by atoms with Gasteiger partial charge in [0.05, 0.1) is 18.9 Å². The van der Waals surface area contributed by atoms with Crippen molar-refractivity contribution in [3.05, 3.63) is 29.6 Å². The van der Waals surface area contributed by atoms with Crippen LogP contribution in [-0.2, 0) is 4.74 Å². The first-order valence-electron chi connectivity index (χ1n) is 8.07. The van der Waals surface area contributed by atoms with Gasteiger partial charge < -0.3 is 20.1 Å². The van der Waals surface area contributed by atoms with Crippen molar-refractivity contribution in [2.24, 2.45) is 5.92 Å². The van der Waals surface area contributed by atoms with Gasteiger partial charge in [0, 0.05) is 31.3 Å². The van der Waals surface area contributed by atoms with Crippen LogP contribution in [0.3, 0.4) is 0 Å². The molecule has 128 valence electrons. The van der Waals surface area contributed by atoms with Gasteiger partial charge in [-0.05, 0) is 30.5 Å². The Bertz CT molecular complexity index is 531. The number of ether oxygens (including phenoxy) is 1. The van der Waals surface area contributed by atoms with E-state index in [2.05, 4.69) is 5.32 Å². The largest absolute Gasteiger partial charge is 0.396 e. The van der Waals surface area contributed by atoms with Crippen molar-refractivity contribution in [3.63, 3.8) is 0 Å². The molecule has 1 saturated heterocycles. The molecule has 1 fully saturated rings. The highest BCUT2D eigenvalue weighted by Crippen LogP contribution is 2.22. The van der Waals surface area contributed by atoms with Crippen LogP contribution in [0, 0.1) is 11.7 Å². The van der Waals surface area contributed by atoms with Crippen LogP contribution in [0.25, 0.3) is 0 Å². The van der Waals surface area contributed by atoms with E-state index in [1.54, 1.807) is 12.1 Å². The lowest BCUT2D eigenvalue weighted by molar-refractivity contribution is 0.0916. The average Bonchev–Trinajstić information content (AvgIpc) is 2.55. The van der Waals surface area contributed by atoms with E-state index in [0.29, 0.717) is 44.0 Å². The minimum Gasteiger partial charge on any atom is -0.396 e. The van der Waals surface area contributed by atoms with Crippen molar-refractivity contribution in [1.82, 2.24) is 5.32 Å². The SMILES string of the molecule is CC(C)C(CCO)NC(=O)c1ccc(N2CCOCC2)c(F)c1. The van der Waals surface area contributed by atoms with Crippen molar-refractivity contribution in [1.29, 1.82) is 0 Å². The molecule has 0 bridgehead atoms. The summed E-state index contributed by atoms with van der Waals surface area (Å²) >= 11 is 0. The van der Waals surface area contributed by atoms with Crippen molar-refractivity contribution in [3.8, 4) is 0 Å². The standard InChI is InChI=1S/C17H25FN2O3/c1-12(2)15(5-8-21)19-17(22)13-3-4-16(14(18)11-13)20-6-9-23-10-7-20/h3-4,11-12,15,21H,5-10H2,1-2H3,(H,19,22). The number of hydrogen-bond donors (Lipinski definition) is 2. The molecule has 0 aliphatic carbocycles. The molecule has 6 heteroatoms. The van der Waals surface area contributed by atoms with E-state index in [9.17, 15) is 9.18 Å². The fourth-order valence-electron chi connectivity index (χ4n) is 2.67. The van der Waals surface area contributed by atoms with Gasteiger partial charge in [-0.2, -0.15) is 0 Å². The predicted molar refractivity (Wildman–Crippen MR) is 87.2 cm³/mol. The fourth-order valence-corrected chi connectivity index (χ4v) is 2.67. The minimum absolute atomic E-state index is 0.00740. The van der Waals surface area contributed by atoms with Crippen LogP contribution in [0.1, 0.15) is 30.6 Å². The number of anilines is 1. The zero-order valence-corrected chi connectivity index (χ0v) is 13.7. The maximum absolute atomic E-state index is 14.3. The Kier molecular flexibility index (Phi) is 6.36. The molecule has 0 saturated carbocycles. The van der Waals surface area contributed by atoms with Gasteiger partial charge in [0.2, 0.25) is 0 Å². The summed E-state index contributed by atoms with van der Waals surface area (Å²) < 4.78 is 19.6. The van der Waals surface area contributed by atoms with Crippen molar-refractivity contribution >= 4 is 11.6 Å². The molecular formula is C17H25FN2O3. The van der Waals surface area contributed by atoms with E-state index in [1.807, 2.05) is 18.7 Å². The van der Waals surface area contributed by atoms with E-state index < -0.39 is 5.82 Å². The lowest BCUT2D eigenvalue weighted by Gasteiger charge is -2.29. The molecule has 1 aliphatic heterocycles. The van der Waals surface area contributed by atoms with Gasteiger partial charge in [-0.3, -0.25) is 4.79 Å². The molecule has 1 aliphatic rings. The van der Waals surface area contributed by atoms with Gasteiger partial charge in [0.1, 0.15) is 5.82 Å². The second-order valence-electron chi connectivity index (χ2n) is 6.10. The summed E-state index contributed by atoms with van der Waals surface area (Å²) in [5.41, 5.74) is 0.795. The smallest absolute Gasteiger partial charge is 0.251 e. The van der Waals surface area contributed by atoms with Gasteiger partial charge in [0.15, 0.2) is 0 Å². The van der Waals surface area contributed by atoms with Crippen LogP contribution in [0.15, 0.2) is 18.2 Å². The monoisotopic (exact) mass is 324 g/mol. The Labute approximate surface area is 136 Å². The maximum Gasteiger partial charge on any atom is 0.251 e. The van der Waals surface area contributed by atoms with Crippen LogP contribution in [-0.4, -0.2) is 50.0 Å². The lowest BCUT2D eigenvalue weighted by Crippen LogP contribution is -2.39. The summed E-state index contributed by atoms with van der Waals surface area (Å²) in [4.78, 5) is 14.2. The number of nitrogens with one attached hydrogen (secondary N) is 1. The molecule has 1 aromatic rings. The van der Waals surface area contributed by atoms with Gasteiger partial charge in [0.25, 0.3) is 5.91 Å². The Morgan fingerprint density at radius 2 is 2.09 bits per heavy atom. The quantitative estimate of drug-likeness (QED) is 0.838. The first-order valence-corrected chi connectivity index (χ1v) is 8.07. The zero-order valence-electron chi connectivity index (χ0n) is 13.7. The number of aliphatic hydroxyl groups excluding tert-OH is 1. The molecule has 0 aromatic heterocycles. The van der Waals surface area contributed by atoms with Gasteiger partial charge in [-0.25, -0.2) is 4.39 Å². The van der Waals surface area contributed by atoms with E-state index in [-0.39, 0.29) is 24.5 Å². The maximum atomic E-state index is 14.3. The molecular weight excluding hydrogens is 299 g/mol. The molecule has 0 radical (unpaired) electrons. The van der Waals surface area contributed by atoms with E-state index in [1.165, 1.54) is 6.07 Å². The molecule has 5 nitrogen and oxygen atoms in total. The first kappa shape index (κ1) is 17.7. The van der Waals surface area contributed by atoms with Crippen molar-refractivity contribution < 1.29 is 19.0 Å². The molecule has 1 aromatic carbocycles. The predicted octanol–water partition coefficient (Wildman–Crippen LogP) is 1.80. The van der Waals surface area contributed by atoms with Gasteiger partial charge >= 0.3 is 0 Å². The third kappa shape index (κ3) is 4.65. The number of nitrogens with zero attached hydrogens (tertiary/aromatic N) is 1. The topological polar surface area (TPSA) is 61.8 Å². The number of morpholine rings is 1. The number of carbonyl (C=O) groups excluding carboxylic acids is 1. The van der Waals surface area contributed by atoms with Crippen molar-refractivity contribution in [2.45, 2.75) is 26.3 Å². The number of halogens is 1. The molecule has 1 heterocycles. The molecule has 23 heavy (non-hydrogen) atoms. The van der Waals surface area contributed by atoms with Crippen molar-refractivity contribution in [2.75, 3.05) is 37.8 Å². The van der Waals surface area contributed by atoms with Crippen LogP contribution in [0.5, 0.6) is 0 Å². The van der Waals surface area contributed by atoms with E-state index in [0.717, 1.165) is 0 Å². The summed E-state index contributed by atoms with van der Waals surface area (Å²) in [5, 5.41) is 11.9. The Hall–Kier alpha value is -1.66. The third-order valence-corrected chi connectivity index (χ3v) is 4.12. The number of hydrogen-bond acceptors (Lipinski definition) is 4. The van der Waals surface area contributed by atoms with Crippen LogP contribution < -0.4 is 10.2 Å². The highest BCUT2D eigenvalue weighted by atomic mass is 19.1. The summed E-state index contributed by atoms with van der Waals surface area (Å²) in [6.45, 7) is 6.42. The average molecular weight is 324 g/mol. The molecule has 2 N–H and O–H groups in total. The molecule has 1 unspecified atom stereocenters. The zero-order chi connectivity index (χ0) is 16.8. The Balaban J connectivity index is 2.08. The normalized spacial score (nSPS) is 16.5. The second-order valence-corrected chi connectivity index (χ2v) is 6.10. The first-order chi connectivity index (χ1) is 11.0. The second kappa shape index (κ2) is 8.26. The fraction of sp³-hybridized carbons (Fsp3) is 0.588. The van der Waals surface area contributed by atoms with Gasteiger partial charge in [-0.1, -0.05) is 13.8 Å². The van der Waals surface area contributed by atoms with E-state index in [4.69, 9.17) is 9.84 Å². The lowest BCUT2D eigenvalue weighted by atomic mass is 10.0. The highest BCUT2D eigenvalue weighted by molar-refractivity contribution is 5.94. The summed E-state index contributed by atoms with van der Waals surface area (Å²) in [7, 11) is 0. The van der Waals surface area contributed by atoms with Crippen LogP contribution in [0.4, 0.5) is 10.1 Å². The van der Waals surface area contributed by atoms with Crippen LogP contribution in [0.2, 0.25) is 0 Å². The molecule has 1 atom stereocenters. The Morgan fingerprint density at radius 3 is 2.65 bits per heavy atom. The number of carbonyl (C=O) groups is 1. The molecule has 2 rings (SSSR count).